The van der Waals surface area contributed by atoms with Crippen LogP contribution in [-0.2, 0) is 17.7 Å². The standard InChI is InChI=1S/C20H20FN3O3/c21-16-13-14(5-6-18(16)23-9-11-27-12-10-23)7-8-24-19(25)15-3-1-2-4-17(15)22-20(24)26/h1-6,13H,7-12H2,(H,22,26). The van der Waals surface area contributed by atoms with Crippen molar-refractivity contribution in [3.05, 3.63) is 74.7 Å². The van der Waals surface area contributed by atoms with E-state index in [4.69, 9.17) is 4.74 Å². The first-order chi connectivity index (χ1) is 13.1. The van der Waals surface area contributed by atoms with Crippen molar-refractivity contribution in [2.24, 2.45) is 0 Å². The van der Waals surface area contributed by atoms with Crippen LogP contribution in [0, 0.1) is 5.82 Å². The van der Waals surface area contributed by atoms with E-state index in [9.17, 15) is 14.0 Å². The molecule has 1 aromatic heterocycles. The highest BCUT2D eigenvalue weighted by Gasteiger charge is 2.15. The SMILES string of the molecule is O=c1[nH]c2ccccc2c(=O)n1CCc1ccc(N2CCOCC2)c(F)c1. The molecule has 6 nitrogen and oxygen atoms in total. The lowest BCUT2D eigenvalue weighted by atomic mass is 10.1. The molecule has 0 amide bonds. The Hall–Kier alpha value is -2.93. The molecule has 0 spiro atoms. The van der Waals surface area contributed by atoms with Gasteiger partial charge < -0.3 is 14.6 Å². The van der Waals surface area contributed by atoms with E-state index < -0.39 is 5.69 Å². The molecular formula is C20H20FN3O3. The van der Waals surface area contributed by atoms with Crippen LogP contribution in [0.2, 0.25) is 0 Å². The highest BCUT2D eigenvalue weighted by Crippen LogP contribution is 2.22. The molecule has 4 rings (SSSR count). The van der Waals surface area contributed by atoms with Gasteiger partial charge >= 0.3 is 5.69 Å². The molecule has 27 heavy (non-hydrogen) atoms. The first kappa shape index (κ1) is 17.5. The van der Waals surface area contributed by atoms with Gasteiger partial charge in [0.2, 0.25) is 0 Å². The van der Waals surface area contributed by atoms with Gasteiger partial charge in [0, 0.05) is 19.6 Å². The van der Waals surface area contributed by atoms with Gasteiger partial charge in [0.1, 0.15) is 5.82 Å². The van der Waals surface area contributed by atoms with Crippen LogP contribution in [-0.4, -0.2) is 35.9 Å². The van der Waals surface area contributed by atoms with Crippen molar-refractivity contribution in [1.82, 2.24) is 9.55 Å². The second-order valence-corrected chi connectivity index (χ2v) is 6.57. The summed E-state index contributed by atoms with van der Waals surface area (Å²) in [5.41, 5.74) is 1.03. The van der Waals surface area contributed by atoms with E-state index in [0.717, 1.165) is 10.1 Å². The third-order valence-corrected chi connectivity index (χ3v) is 4.88. The molecule has 0 bridgehead atoms. The predicted molar refractivity (Wildman–Crippen MR) is 102 cm³/mol. The summed E-state index contributed by atoms with van der Waals surface area (Å²) in [5, 5.41) is 0.464. The second kappa shape index (κ2) is 7.36. The zero-order valence-electron chi connectivity index (χ0n) is 14.8. The molecule has 0 atom stereocenters. The predicted octanol–water partition coefficient (Wildman–Crippen LogP) is 1.91. The molecule has 0 aliphatic carbocycles. The summed E-state index contributed by atoms with van der Waals surface area (Å²) in [6, 6.07) is 12.0. The molecule has 7 heteroatoms. The quantitative estimate of drug-likeness (QED) is 0.763. The van der Waals surface area contributed by atoms with Crippen molar-refractivity contribution < 1.29 is 9.13 Å². The van der Waals surface area contributed by atoms with Crippen LogP contribution in [0.1, 0.15) is 5.56 Å². The number of rotatable bonds is 4. The number of hydrogen-bond acceptors (Lipinski definition) is 4. The summed E-state index contributed by atoms with van der Waals surface area (Å²) in [6.07, 6.45) is 0.391. The van der Waals surface area contributed by atoms with Crippen LogP contribution in [0.5, 0.6) is 0 Å². The zero-order valence-corrected chi connectivity index (χ0v) is 14.8. The van der Waals surface area contributed by atoms with Crippen LogP contribution >= 0.6 is 0 Å². The molecule has 2 aromatic carbocycles. The van der Waals surface area contributed by atoms with E-state index in [1.807, 2.05) is 11.0 Å². The summed E-state index contributed by atoms with van der Waals surface area (Å²) in [5.74, 6) is -0.297. The molecule has 1 aliphatic heterocycles. The van der Waals surface area contributed by atoms with Gasteiger partial charge in [-0.05, 0) is 36.2 Å². The lowest BCUT2D eigenvalue weighted by Crippen LogP contribution is -2.36. The van der Waals surface area contributed by atoms with Gasteiger partial charge in [0.25, 0.3) is 5.56 Å². The van der Waals surface area contributed by atoms with Crippen LogP contribution in [0.4, 0.5) is 10.1 Å². The highest BCUT2D eigenvalue weighted by atomic mass is 19.1. The number of nitrogens with one attached hydrogen (secondary N) is 1. The lowest BCUT2D eigenvalue weighted by Gasteiger charge is -2.29. The first-order valence-electron chi connectivity index (χ1n) is 8.96. The average molecular weight is 369 g/mol. The van der Waals surface area contributed by atoms with E-state index in [2.05, 4.69) is 4.98 Å². The Bertz CT molecular complexity index is 1080. The minimum absolute atomic E-state index is 0.190. The van der Waals surface area contributed by atoms with Crippen molar-refractivity contribution in [1.29, 1.82) is 0 Å². The molecule has 1 saturated heterocycles. The van der Waals surface area contributed by atoms with Gasteiger partial charge in [-0.3, -0.25) is 9.36 Å². The Morgan fingerprint density at radius 2 is 1.85 bits per heavy atom. The van der Waals surface area contributed by atoms with E-state index in [1.165, 1.54) is 6.07 Å². The number of nitrogens with zero attached hydrogens (tertiary/aromatic N) is 2. The van der Waals surface area contributed by atoms with Gasteiger partial charge in [-0.2, -0.15) is 0 Å². The Labute approximate surface area is 154 Å². The largest absolute Gasteiger partial charge is 0.378 e. The third-order valence-electron chi connectivity index (χ3n) is 4.88. The van der Waals surface area contributed by atoms with Gasteiger partial charge in [-0.25, -0.2) is 9.18 Å². The Balaban J connectivity index is 1.55. The Kier molecular flexibility index (Phi) is 4.77. The van der Waals surface area contributed by atoms with Crippen molar-refractivity contribution in [2.45, 2.75) is 13.0 Å². The number of H-pyrrole nitrogens is 1. The van der Waals surface area contributed by atoms with Crippen LogP contribution < -0.4 is 16.1 Å². The first-order valence-corrected chi connectivity index (χ1v) is 8.96. The number of benzene rings is 2. The molecule has 1 aliphatic rings. The van der Waals surface area contributed by atoms with Gasteiger partial charge in [0.05, 0.1) is 29.8 Å². The summed E-state index contributed by atoms with van der Waals surface area (Å²) >= 11 is 0. The number of aryl methyl sites for hydroxylation is 1. The Morgan fingerprint density at radius 3 is 2.63 bits per heavy atom. The number of para-hydroxylation sites is 1. The van der Waals surface area contributed by atoms with E-state index in [0.29, 0.717) is 49.3 Å². The second-order valence-electron chi connectivity index (χ2n) is 6.57. The fourth-order valence-electron chi connectivity index (χ4n) is 3.41. The fraction of sp³-hybridized carbons (Fsp3) is 0.300. The maximum atomic E-state index is 14.5. The molecule has 2 heterocycles. The number of aromatic amines is 1. The lowest BCUT2D eigenvalue weighted by molar-refractivity contribution is 0.122. The van der Waals surface area contributed by atoms with Crippen LogP contribution in [0.15, 0.2) is 52.1 Å². The molecule has 1 N–H and O–H groups in total. The summed E-state index contributed by atoms with van der Waals surface area (Å²) in [7, 11) is 0. The Morgan fingerprint density at radius 1 is 1.07 bits per heavy atom. The van der Waals surface area contributed by atoms with Crippen molar-refractivity contribution in [3.63, 3.8) is 0 Å². The summed E-state index contributed by atoms with van der Waals surface area (Å²) in [6.45, 7) is 2.70. The monoisotopic (exact) mass is 369 g/mol. The summed E-state index contributed by atoms with van der Waals surface area (Å²) in [4.78, 5) is 29.4. The van der Waals surface area contributed by atoms with Crippen molar-refractivity contribution >= 4 is 16.6 Å². The highest BCUT2D eigenvalue weighted by molar-refractivity contribution is 5.76. The number of aromatic nitrogens is 2. The van der Waals surface area contributed by atoms with Crippen LogP contribution in [0.3, 0.4) is 0 Å². The minimum Gasteiger partial charge on any atom is -0.378 e. The maximum Gasteiger partial charge on any atom is 0.328 e. The zero-order chi connectivity index (χ0) is 18.8. The molecule has 0 radical (unpaired) electrons. The minimum atomic E-state index is -0.455. The maximum absolute atomic E-state index is 14.5. The number of ether oxygens (including phenoxy) is 1. The third kappa shape index (κ3) is 3.50. The molecule has 3 aromatic rings. The molecule has 140 valence electrons. The number of anilines is 1. The summed E-state index contributed by atoms with van der Waals surface area (Å²) < 4.78 is 21.0. The molecule has 0 saturated carbocycles. The number of fused-ring (bicyclic) bond motifs is 1. The smallest absolute Gasteiger partial charge is 0.328 e. The number of morpholine rings is 1. The van der Waals surface area contributed by atoms with E-state index in [1.54, 1.807) is 30.3 Å². The van der Waals surface area contributed by atoms with Gasteiger partial charge in [-0.1, -0.05) is 18.2 Å². The number of halogens is 1. The fourth-order valence-corrected chi connectivity index (χ4v) is 3.41. The van der Waals surface area contributed by atoms with Gasteiger partial charge in [0.15, 0.2) is 0 Å². The topological polar surface area (TPSA) is 67.3 Å². The molecule has 1 fully saturated rings. The van der Waals surface area contributed by atoms with Crippen LogP contribution in [0.25, 0.3) is 10.9 Å². The van der Waals surface area contributed by atoms with Gasteiger partial charge in [-0.15, -0.1) is 0 Å². The molecular weight excluding hydrogens is 349 g/mol. The normalized spacial score (nSPS) is 14.6. The number of hydrogen-bond donors (Lipinski definition) is 1. The average Bonchev–Trinajstić information content (AvgIpc) is 2.68. The van der Waals surface area contributed by atoms with Crippen molar-refractivity contribution in [2.75, 3.05) is 31.2 Å². The van der Waals surface area contributed by atoms with Crippen molar-refractivity contribution in [3.8, 4) is 0 Å². The van der Waals surface area contributed by atoms with E-state index >= 15 is 0 Å². The van der Waals surface area contributed by atoms with E-state index in [-0.39, 0.29) is 17.9 Å². The molecule has 0 unspecified atom stereocenters.